The Balaban J connectivity index is 3.03. The molecule has 0 atom stereocenters. The highest BCUT2D eigenvalue weighted by molar-refractivity contribution is 5.47. The molecular formula is C7H8NO2. The predicted octanol–water partition coefficient (Wildman–Crippen LogP) is 1.38. The molecule has 1 aromatic rings. The SMILES string of the molecule is Cc1cc[c]cc1N(O)O. The lowest BCUT2D eigenvalue weighted by molar-refractivity contribution is 0.0288. The molecule has 1 radical (unpaired) electrons. The largest absolute Gasteiger partial charge is 0.264 e. The van der Waals surface area contributed by atoms with Crippen LogP contribution < -0.4 is 5.23 Å². The Bertz CT molecular complexity index is 223. The highest BCUT2D eigenvalue weighted by Gasteiger charge is 1.99. The summed E-state index contributed by atoms with van der Waals surface area (Å²) in [5.41, 5.74) is 1.14. The Morgan fingerprint density at radius 1 is 1.50 bits per heavy atom. The average molecular weight is 138 g/mol. The van der Waals surface area contributed by atoms with Crippen molar-refractivity contribution in [3.05, 3.63) is 29.8 Å². The van der Waals surface area contributed by atoms with Crippen LogP contribution in [-0.2, 0) is 0 Å². The van der Waals surface area contributed by atoms with E-state index < -0.39 is 0 Å². The maximum Gasteiger partial charge on any atom is 0.0978 e. The summed E-state index contributed by atoms with van der Waals surface area (Å²) in [5.74, 6) is 0. The van der Waals surface area contributed by atoms with Gasteiger partial charge in [0.1, 0.15) is 0 Å². The summed E-state index contributed by atoms with van der Waals surface area (Å²) < 4.78 is 0. The summed E-state index contributed by atoms with van der Waals surface area (Å²) in [6, 6.07) is 7.67. The number of anilines is 1. The molecule has 2 N–H and O–H groups in total. The summed E-state index contributed by atoms with van der Waals surface area (Å²) in [4.78, 5) is 0. The van der Waals surface area contributed by atoms with E-state index >= 15 is 0 Å². The van der Waals surface area contributed by atoms with Crippen molar-refractivity contribution in [2.75, 3.05) is 5.23 Å². The first kappa shape index (κ1) is 7.05. The molecule has 0 saturated carbocycles. The molecule has 0 saturated heterocycles. The fourth-order valence-electron chi connectivity index (χ4n) is 0.715. The van der Waals surface area contributed by atoms with Crippen LogP contribution in [0.1, 0.15) is 5.56 Å². The standard InChI is InChI=1S/C7H8NO2/c1-6-4-2-3-5-7(6)8(9)10/h2,4-5,9-10H,1H3. The maximum atomic E-state index is 8.57. The fraction of sp³-hybridized carbons (Fsp3) is 0.143. The summed E-state index contributed by atoms with van der Waals surface area (Å²) in [5, 5.41) is 17.2. The van der Waals surface area contributed by atoms with E-state index in [9.17, 15) is 0 Å². The minimum atomic E-state index is 0.0891. The van der Waals surface area contributed by atoms with Gasteiger partial charge in [-0.15, -0.1) is 5.23 Å². The number of hydrogen-bond donors (Lipinski definition) is 2. The topological polar surface area (TPSA) is 43.7 Å². The van der Waals surface area contributed by atoms with Crippen molar-refractivity contribution >= 4 is 5.69 Å². The fourth-order valence-corrected chi connectivity index (χ4v) is 0.715. The smallest absolute Gasteiger partial charge is 0.0978 e. The molecule has 0 bridgehead atoms. The molecule has 0 aliphatic heterocycles. The third kappa shape index (κ3) is 1.26. The van der Waals surface area contributed by atoms with Gasteiger partial charge in [-0.3, -0.25) is 10.4 Å². The summed E-state index contributed by atoms with van der Waals surface area (Å²) in [6.07, 6.45) is 0. The molecule has 3 heteroatoms. The molecule has 0 heterocycles. The summed E-state index contributed by atoms with van der Waals surface area (Å²) in [6.45, 7) is 1.78. The molecule has 53 valence electrons. The second-order valence-corrected chi connectivity index (χ2v) is 2.00. The van der Waals surface area contributed by atoms with Gasteiger partial charge >= 0.3 is 0 Å². The van der Waals surface area contributed by atoms with Crippen LogP contribution in [0.2, 0.25) is 0 Å². The number of benzene rings is 1. The molecule has 0 aliphatic rings. The van der Waals surface area contributed by atoms with Crippen LogP contribution in [0.4, 0.5) is 5.69 Å². The second kappa shape index (κ2) is 2.68. The quantitative estimate of drug-likeness (QED) is 0.576. The van der Waals surface area contributed by atoms with Gasteiger partial charge in [-0.25, -0.2) is 0 Å². The Morgan fingerprint density at radius 3 is 2.60 bits per heavy atom. The van der Waals surface area contributed by atoms with Crippen molar-refractivity contribution in [3.63, 3.8) is 0 Å². The lowest BCUT2D eigenvalue weighted by Crippen LogP contribution is -2.11. The van der Waals surface area contributed by atoms with Gasteiger partial charge in [-0.2, -0.15) is 0 Å². The van der Waals surface area contributed by atoms with Crippen LogP contribution in [0.25, 0.3) is 0 Å². The molecule has 1 aromatic carbocycles. The number of aryl methyl sites for hydroxylation is 1. The van der Waals surface area contributed by atoms with Gasteiger partial charge in [0.15, 0.2) is 0 Å². The first-order valence-corrected chi connectivity index (χ1v) is 2.86. The van der Waals surface area contributed by atoms with E-state index in [1.54, 1.807) is 19.1 Å². The lowest BCUT2D eigenvalue weighted by Gasteiger charge is -2.09. The molecule has 0 unspecified atom stereocenters. The second-order valence-electron chi connectivity index (χ2n) is 2.00. The van der Waals surface area contributed by atoms with E-state index in [0.717, 1.165) is 5.56 Å². The van der Waals surface area contributed by atoms with Gasteiger partial charge in [-0.1, -0.05) is 12.1 Å². The van der Waals surface area contributed by atoms with Gasteiger partial charge in [-0.05, 0) is 24.6 Å². The highest BCUT2D eigenvalue weighted by Crippen LogP contribution is 2.14. The minimum Gasteiger partial charge on any atom is -0.264 e. The molecule has 10 heavy (non-hydrogen) atoms. The van der Waals surface area contributed by atoms with E-state index in [-0.39, 0.29) is 5.23 Å². The molecule has 3 nitrogen and oxygen atoms in total. The van der Waals surface area contributed by atoms with E-state index in [1.807, 2.05) is 0 Å². The van der Waals surface area contributed by atoms with Crippen LogP contribution in [0.15, 0.2) is 18.2 Å². The number of hydrogen-bond acceptors (Lipinski definition) is 3. The molecule has 0 fully saturated rings. The first-order valence-electron chi connectivity index (χ1n) is 2.86. The van der Waals surface area contributed by atoms with Crippen LogP contribution >= 0.6 is 0 Å². The molecule has 0 aromatic heterocycles. The van der Waals surface area contributed by atoms with Crippen molar-refractivity contribution < 1.29 is 10.4 Å². The summed E-state index contributed by atoms with van der Waals surface area (Å²) in [7, 11) is 0. The minimum absolute atomic E-state index is 0.0891. The van der Waals surface area contributed by atoms with Crippen molar-refractivity contribution in [1.29, 1.82) is 0 Å². The summed E-state index contributed by atoms with van der Waals surface area (Å²) >= 11 is 0. The van der Waals surface area contributed by atoms with Crippen molar-refractivity contribution in [3.8, 4) is 0 Å². The molecular weight excluding hydrogens is 130 g/mol. The number of rotatable bonds is 1. The van der Waals surface area contributed by atoms with Crippen molar-refractivity contribution in [2.45, 2.75) is 6.92 Å². The highest BCUT2D eigenvalue weighted by atomic mass is 16.8. The Hall–Kier alpha value is -1.06. The van der Waals surface area contributed by atoms with Gasteiger partial charge in [0.05, 0.1) is 5.69 Å². The van der Waals surface area contributed by atoms with Crippen LogP contribution in [0.5, 0.6) is 0 Å². The average Bonchev–Trinajstić information content (AvgIpc) is 1.88. The normalized spacial score (nSPS) is 9.50. The van der Waals surface area contributed by atoms with E-state index in [0.29, 0.717) is 5.69 Å². The maximum absolute atomic E-state index is 8.57. The van der Waals surface area contributed by atoms with Gasteiger partial charge in [0.25, 0.3) is 0 Å². The monoisotopic (exact) mass is 138 g/mol. The Morgan fingerprint density at radius 2 is 2.20 bits per heavy atom. The van der Waals surface area contributed by atoms with Crippen LogP contribution in [0, 0.1) is 13.0 Å². The van der Waals surface area contributed by atoms with Crippen LogP contribution in [-0.4, -0.2) is 10.4 Å². The third-order valence-corrected chi connectivity index (χ3v) is 1.27. The zero-order chi connectivity index (χ0) is 7.56. The zero-order valence-electron chi connectivity index (χ0n) is 5.57. The third-order valence-electron chi connectivity index (χ3n) is 1.27. The van der Waals surface area contributed by atoms with Crippen LogP contribution in [0.3, 0.4) is 0 Å². The zero-order valence-corrected chi connectivity index (χ0v) is 5.57. The molecule has 0 aliphatic carbocycles. The van der Waals surface area contributed by atoms with Gasteiger partial charge < -0.3 is 0 Å². The van der Waals surface area contributed by atoms with Crippen molar-refractivity contribution in [1.82, 2.24) is 0 Å². The Labute approximate surface area is 59.1 Å². The van der Waals surface area contributed by atoms with Gasteiger partial charge in [0, 0.05) is 0 Å². The van der Waals surface area contributed by atoms with Gasteiger partial charge in [0.2, 0.25) is 0 Å². The molecule has 1 rings (SSSR count). The first-order chi connectivity index (χ1) is 4.72. The van der Waals surface area contributed by atoms with E-state index in [4.69, 9.17) is 10.4 Å². The van der Waals surface area contributed by atoms with E-state index in [2.05, 4.69) is 6.07 Å². The van der Waals surface area contributed by atoms with Crippen molar-refractivity contribution in [2.24, 2.45) is 0 Å². The number of nitrogens with zero attached hydrogens (tertiary/aromatic N) is 1. The Kier molecular flexibility index (Phi) is 1.89. The van der Waals surface area contributed by atoms with E-state index in [1.165, 1.54) is 6.07 Å². The molecule has 0 spiro atoms. The predicted molar refractivity (Wildman–Crippen MR) is 36.1 cm³/mol. The lowest BCUT2D eigenvalue weighted by atomic mass is 10.2. The molecule has 0 amide bonds.